The van der Waals surface area contributed by atoms with Crippen molar-refractivity contribution in [1.29, 1.82) is 0 Å². The first kappa shape index (κ1) is 16.1. The number of amides is 1. The van der Waals surface area contributed by atoms with Gasteiger partial charge in [0.05, 0.1) is 6.54 Å². The van der Waals surface area contributed by atoms with Gasteiger partial charge in [0.2, 0.25) is 0 Å². The van der Waals surface area contributed by atoms with Crippen LogP contribution in [-0.4, -0.2) is 44.2 Å². The molecular formula is C18H18FNO4. The van der Waals surface area contributed by atoms with Gasteiger partial charge in [0, 0.05) is 12.6 Å². The Hall–Kier alpha value is -2.76. The van der Waals surface area contributed by atoms with Gasteiger partial charge in [0.15, 0.2) is 11.5 Å². The zero-order valence-electron chi connectivity index (χ0n) is 13.3. The minimum Gasteiger partial charge on any atom is -0.492 e. The molecule has 0 radical (unpaired) electrons. The van der Waals surface area contributed by atoms with E-state index in [1.54, 1.807) is 42.3 Å². The summed E-state index contributed by atoms with van der Waals surface area (Å²) in [6, 6.07) is 10.9. The van der Waals surface area contributed by atoms with E-state index in [0.29, 0.717) is 49.2 Å². The molecule has 6 heteroatoms. The first-order valence-corrected chi connectivity index (χ1v) is 7.67. The monoisotopic (exact) mass is 331 g/mol. The Bertz CT molecular complexity index is 717. The molecule has 0 saturated carbocycles. The number of likely N-dealkylation sites (N-methyl/N-ethyl adjacent to an activating group) is 1. The summed E-state index contributed by atoms with van der Waals surface area (Å²) in [5.41, 5.74) is 0.531. The number of carbonyl (C=O) groups is 1. The third kappa shape index (κ3) is 3.76. The van der Waals surface area contributed by atoms with E-state index in [9.17, 15) is 9.18 Å². The Morgan fingerprint density at radius 1 is 1.12 bits per heavy atom. The van der Waals surface area contributed by atoms with E-state index in [2.05, 4.69) is 0 Å². The average Bonchev–Trinajstić information content (AvgIpc) is 2.62. The van der Waals surface area contributed by atoms with Crippen molar-refractivity contribution in [2.45, 2.75) is 0 Å². The Morgan fingerprint density at radius 3 is 2.58 bits per heavy atom. The predicted octanol–water partition coefficient (Wildman–Crippen LogP) is 2.75. The minimum absolute atomic E-state index is 0.130. The van der Waals surface area contributed by atoms with Gasteiger partial charge in [0.25, 0.3) is 5.91 Å². The molecular weight excluding hydrogens is 313 g/mol. The third-order valence-corrected chi connectivity index (χ3v) is 3.64. The van der Waals surface area contributed by atoms with Gasteiger partial charge in [0.1, 0.15) is 31.4 Å². The van der Waals surface area contributed by atoms with E-state index >= 15 is 0 Å². The van der Waals surface area contributed by atoms with Crippen LogP contribution >= 0.6 is 0 Å². The van der Waals surface area contributed by atoms with Crippen molar-refractivity contribution in [1.82, 2.24) is 4.90 Å². The number of benzene rings is 2. The van der Waals surface area contributed by atoms with Crippen molar-refractivity contribution in [3.63, 3.8) is 0 Å². The number of fused-ring (bicyclic) bond motifs is 1. The van der Waals surface area contributed by atoms with Gasteiger partial charge in [-0.1, -0.05) is 0 Å². The van der Waals surface area contributed by atoms with Crippen LogP contribution in [0.15, 0.2) is 42.5 Å². The molecule has 0 bridgehead atoms. The molecule has 0 spiro atoms. The fraction of sp³-hybridized carbons (Fsp3) is 0.278. The van der Waals surface area contributed by atoms with Crippen LogP contribution in [0.1, 0.15) is 10.4 Å². The van der Waals surface area contributed by atoms with Crippen molar-refractivity contribution in [3.05, 3.63) is 53.8 Å². The highest BCUT2D eigenvalue weighted by molar-refractivity contribution is 5.94. The quantitative estimate of drug-likeness (QED) is 0.845. The summed E-state index contributed by atoms with van der Waals surface area (Å²) < 4.78 is 29.3. The van der Waals surface area contributed by atoms with Crippen LogP contribution in [0.25, 0.3) is 0 Å². The van der Waals surface area contributed by atoms with Gasteiger partial charge in [-0.05, 0) is 42.5 Å². The second-order valence-corrected chi connectivity index (χ2v) is 5.39. The number of nitrogens with zero attached hydrogens (tertiary/aromatic N) is 1. The summed E-state index contributed by atoms with van der Waals surface area (Å²) in [5.74, 6) is 1.36. The van der Waals surface area contributed by atoms with E-state index in [-0.39, 0.29) is 11.7 Å². The van der Waals surface area contributed by atoms with Crippen molar-refractivity contribution < 1.29 is 23.4 Å². The molecule has 0 aliphatic carbocycles. The van der Waals surface area contributed by atoms with Crippen molar-refractivity contribution in [2.24, 2.45) is 0 Å². The summed E-state index contributed by atoms with van der Waals surface area (Å²) in [5, 5.41) is 0. The third-order valence-electron chi connectivity index (χ3n) is 3.64. The Balaban J connectivity index is 1.55. The van der Waals surface area contributed by atoms with Crippen molar-refractivity contribution in [3.8, 4) is 17.2 Å². The lowest BCUT2D eigenvalue weighted by Crippen LogP contribution is -2.31. The number of hydrogen-bond acceptors (Lipinski definition) is 4. The van der Waals surface area contributed by atoms with Crippen molar-refractivity contribution >= 4 is 5.91 Å². The predicted molar refractivity (Wildman–Crippen MR) is 86.3 cm³/mol. The molecule has 126 valence electrons. The molecule has 3 rings (SSSR count). The highest BCUT2D eigenvalue weighted by atomic mass is 19.1. The van der Waals surface area contributed by atoms with E-state index < -0.39 is 0 Å². The summed E-state index contributed by atoms with van der Waals surface area (Å²) in [4.78, 5) is 14.0. The van der Waals surface area contributed by atoms with Gasteiger partial charge in [-0.25, -0.2) is 4.39 Å². The van der Waals surface area contributed by atoms with Crippen molar-refractivity contribution in [2.75, 3.05) is 33.4 Å². The zero-order valence-corrected chi connectivity index (χ0v) is 13.3. The van der Waals surface area contributed by atoms with E-state index in [4.69, 9.17) is 14.2 Å². The van der Waals surface area contributed by atoms with Gasteiger partial charge in [-0.15, -0.1) is 0 Å². The second kappa shape index (κ2) is 7.21. The lowest BCUT2D eigenvalue weighted by molar-refractivity contribution is 0.0772. The summed E-state index contributed by atoms with van der Waals surface area (Å²) in [7, 11) is 1.70. The highest BCUT2D eigenvalue weighted by Gasteiger charge is 2.17. The van der Waals surface area contributed by atoms with Crippen LogP contribution in [-0.2, 0) is 0 Å². The van der Waals surface area contributed by atoms with Crippen LogP contribution in [0.2, 0.25) is 0 Å². The van der Waals surface area contributed by atoms with Crippen LogP contribution in [0.5, 0.6) is 17.2 Å². The molecule has 0 saturated heterocycles. The van der Waals surface area contributed by atoms with E-state index in [1.165, 1.54) is 12.1 Å². The smallest absolute Gasteiger partial charge is 0.253 e. The largest absolute Gasteiger partial charge is 0.492 e. The number of halogens is 1. The SMILES string of the molecule is CN(CCOc1ccc(F)cc1)C(=O)c1ccc2c(c1)OCCO2. The van der Waals surface area contributed by atoms with Gasteiger partial charge < -0.3 is 19.1 Å². The Labute approximate surface area is 139 Å². The maximum absolute atomic E-state index is 12.8. The van der Waals surface area contributed by atoms with Crippen LogP contribution < -0.4 is 14.2 Å². The van der Waals surface area contributed by atoms with Crippen LogP contribution in [0.4, 0.5) is 4.39 Å². The molecule has 0 aromatic heterocycles. The maximum Gasteiger partial charge on any atom is 0.253 e. The molecule has 2 aromatic carbocycles. The fourth-order valence-corrected chi connectivity index (χ4v) is 2.33. The second-order valence-electron chi connectivity index (χ2n) is 5.39. The molecule has 1 amide bonds. The Morgan fingerprint density at radius 2 is 1.83 bits per heavy atom. The zero-order chi connectivity index (χ0) is 16.9. The topological polar surface area (TPSA) is 48.0 Å². The minimum atomic E-state index is -0.312. The number of carbonyl (C=O) groups excluding carboxylic acids is 1. The van der Waals surface area contributed by atoms with Crippen LogP contribution in [0.3, 0.4) is 0 Å². The standard InChI is InChI=1S/C18H18FNO4/c1-20(8-9-22-15-5-3-14(19)4-6-15)18(21)13-2-7-16-17(12-13)24-11-10-23-16/h2-7,12H,8-11H2,1H3. The van der Waals surface area contributed by atoms with Gasteiger partial charge >= 0.3 is 0 Å². The molecule has 0 unspecified atom stereocenters. The average molecular weight is 331 g/mol. The molecule has 1 heterocycles. The lowest BCUT2D eigenvalue weighted by atomic mass is 10.1. The molecule has 1 aliphatic heterocycles. The molecule has 0 atom stereocenters. The summed E-state index contributed by atoms with van der Waals surface area (Å²) >= 11 is 0. The number of hydrogen-bond donors (Lipinski definition) is 0. The number of ether oxygens (including phenoxy) is 3. The molecule has 0 N–H and O–H groups in total. The van der Waals surface area contributed by atoms with Crippen LogP contribution in [0, 0.1) is 5.82 Å². The first-order chi connectivity index (χ1) is 11.6. The molecule has 1 aliphatic rings. The lowest BCUT2D eigenvalue weighted by Gasteiger charge is -2.21. The summed E-state index contributed by atoms with van der Waals surface area (Å²) in [6.45, 7) is 1.72. The van der Waals surface area contributed by atoms with E-state index in [0.717, 1.165) is 0 Å². The molecule has 2 aromatic rings. The molecule has 0 fully saturated rings. The Kier molecular flexibility index (Phi) is 4.84. The summed E-state index contributed by atoms with van der Waals surface area (Å²) in [6.07, 6.45) is 0. The van der Waals surface area contributed by atoms with E-state index in [1.807, 2.05) is 0 Å². The number of rotatable bonds is 5. The fourth-order valence-electron chi connectivity index (χ4n) is 2.33. The maximum atomic E-state index is 12.8. The molecule has 5 nitrogen and oxygen atoms in total. The van der Waals surface area contributed by atoms with Gasteiger partial charge in [-0.3, -0.25) is 4.79 Å². The molecule has 24 heavy (non-hydrogen) atoms. The van der Waals surface area contributed by atoms with Gasteiger partial charge in [-0.2, -0.15) is 0 Å². The normalized spacial score (nSPS) is 12.6. The first-order valence-electron chi connectivity index (χ1n) is 7.67. The highest BCUT2D eigenvalue weighted by Crippen LogP contribution is 2.31.